The minimum Gasteiger partial charge on any atom is -0.0583 e. The molecule has 28 valence electrons. The molecule has 0 aromatic carbocycles. The van der Waals surface area contributed by atoms with Crippen molar-refractivity contribution in [2.24, 2.45) is 5.92 Å². The third kappa shape index (κ3) is 0.640. The van der Waals surface area contributed by atoms with Crippen molar-refractivity contribution in [3.63, 3.8) is 0 Å². The van der Waals surface area contributed by atoms with Crippen LogP contribution in [0.15, 0.2) is 0 Å². The first-order valence-corrected chi connectivity index (χ1v) is 2.11. The molecule has 1 fully saturated rings. The molecule has 1 aliphatic carbocycles. The van der Waals surface area contributed by atoms with Crippen LogP contribution in [0.25, 0.3) is 0 Å². The fourth-order valence-corrected chi connectivity index (χ4v) is 0.372. The molecule has 0 saturated heterocycles. The second-order valence-corrected chi connectivity index (χ2v) is 1.56. The Morgan fingerprint density at radius 3 is 2.20 bits per heavy atom. The van der Waals surface area contributed by atoms with E-state index in [4.69, 9.17) is 0 Å². The third-order valence-electron chi connectivity index (χ3n) is 0.986. The summed E-state index contributed by atoms with van der Waals surface area (Å²) < 4.78 is 0. The van der Waals surface area contributed by atoms with Gasteiger partial charge in [-0.3, -0.25) is 0 Å². The molecule has 0 atom stereocenters. The Kier molecular flexibility index (Phi) is 0.640. The maximum Gasteiger partial charge on any atom is -0.0173 e. The van der Waals surface area contributed by atoms with Crippen LogP contribution in [-0.4, -0.2) is 0 Å². The quantitative estimate of drug-likeness (QED) is 0.437. The highest BCUT2D eigenvalue weighted by Crippen LogP contribution is 2.30. The number of hydrogen-bond acceptors (Lipinski definition) is 0. The second kappa shape index (κ2) is 1.00. The van der Waals surface area contributed by atoms with Crippen LogP contribution in [-0.2, 0) is 0 Å². The maximum atomic E-state index is 3.14. The summed E-state index contributed by atoms with van der Waals surface area (Å²) >= 11 is 0. The van der Waals surface area contributed by atoms with Gasteiger partial charge in [-0.05, 0) is 25.2 Å². The van der Waals surface area contributed by atoms with E-state index in [1.54, 1.807) is 0 Å². The SMILES string of the molecule is C[C]C1CC1. The van der Waals surface area contributed by atoms with E-state index in [-0.39, 0.29) is 0 Å². The Hall–Kier alpha value is 0. The van der Waals surface area contributed by atoms with Crippen LogP contribution < -0.4 is 0 Å². The standard InChI is InChI=1S/C5H8/c1-2-5-3-4-5/h5H,3-4H2,1H3. The Bertz CT molecular complexity index is 27.0. The summed E-state index contributed by atoms with van der Waals surface area (Å²) in [6.45, 7) is 2.01. The van der Waals surface area contributed by atoms with Gasteiger partial charge < -0.3 is 0 Å². The Morgan fingerprint density at radius 2 is 2.20 bits per heavy atom. The average molecular weight is 68.1 g/mol. The summed E-state index contributed by atoms with van der Waals surface area (Å²) in [4.78, 5) is 0. The molecule has 0 heteroatoms. The van der Waals surface area contributed by atoms with Crippen LogP contribution in [0.1, 0.15) is 19.8 Å². The summed E-state index contributed by atoms with van der Waals surface area (Å²) in [6.07, 6.45) is 5.94. The first kappa shape index (κ1) is 3.20. The lowest BCUT2D eigenvalue weighted by molar-refractivity contribution is 1.00. The van der Waals surface area contributed by atoms with Gasteiger partial charge in [-0.15, -0.1) is 0 Å². The van der Waals surface area contributed by atoms with Crippen LogP contribution >= 0.6 is 0 Å². The van der Waals surface area contributed by atoms with Gasteiger partial charge in [-0.2, -0.15) is 0 Å². The Balaban J connectivity index is 2.00. The van der Waals surface area contributed by atoms with Crippen LogP contribution in [0.2, 0.25) is 0 Å². The van der Waals surface area contributed by atoms with E-state index in [0.717, 1.165) is 5.92 Å². The highest BCUT2D eigenvalue weighted by atomic mass is 14.2. The molecule has 0 spiro atoms. The van der Waals surface area contributed by atoms with Gasteiger partial charge in [0.05, 0.1) is 0 Å². The average Bonchev–Trinajstić information content (AvgIpc) is 2.12. The van der Waals surface area contributed by atoms with Gasteiger partial charge in [0.25, 0.3) is 0 Å². The number of rotatable bonds is 1. The summed E-state index contributed by atoms with van der Waals surface area (Å²) in [7, 11) is 0. The molecule has 0 N–H and O–H groups in total. The predicted octanol–water partition coefficient (Wildman–Crippen LogP) is 1.50. The monoisotopic (exact) mass is 68.1 g/mol. The van der Waals surface area contributed by atoms with Crippen molar-refractivity contribution in [2.45, 2.75) is 19.8 Å². The molecule has 0 aromatic rings. The zero-order valence-corrected chi connectivity index (χ0v) is 3.49. The number of hydrogen-bond donors (Lipinski definition) is 0. The Labute approximate surface area is 33.2 Å². The molecule has 0 bridgehead atoms. The lowest BCUT2D eigenvalue weighted by Crippen LogP contribution is -1.61. The van der Waals surface area contributed by atoms with Gasteiger partial charge in [0.2, 0.25) is 0 Å². The fourth-order valence-electron chi connectivity index (χ4n) is 0.372. The van der Waals surface area contributed by atoms with Crippen molar-refractivity contribution in [2.75, 3.05) is 0 Å². The molecular weight excluding hydrogens is 60.1 g/mol. The fraction of sp³-hybridized carbons (Fsp3) is 0.800. The molecule has 1 rings (SSSR count). The van der Waals surface area contributed by atoms with Gasteiger partial charge >= 0.3 is 0 Å². The first-order chi connectivity index (χ1) is 2.43. The molecule has 0 nitrogen and oxygen atoms in total. The van der Waals surface area contributed by atoms with Crippen molar-refractivity contribution in [1.82, 2.24) is 0 Å². The molecule has 0 aromatic heterocycles. The van der Waals surface area contributed by atoms with E-state index in [1.807, 2.05) is 6.92 Å². The van der Waals surface area contributed by atoms with E-state index in [9.17, 15) is 0 Å². The van der Waals surface area contributed by atoms with E-state index in [1.165, 1.54) is 12.8 Å². The lowest BCUT2D eigenvalue weighted by atomic mass is 10.3. The predicted molar refractivity (Wildman–Crippen MR) is 21.6 cm³/mol. The smallest absolute Gasteiger partial charge is 0.0173 e. The van der Waals surface area contributed by atoms with Crippen molar-refractivity contribution < 1.29 is 0 Å². The van der Waals surface area contributed by atoms with Crippen molar-refractivity contribution in [3.05, 3.63) is 6.42 Å². The molecule has 1 saturated carbocycles. The zero-order valence-electron chi connectivity index (χ0n) is 3.49. The summed E-state index contributed by atoms with van der Waals surface area (Å²) in [5, 5.41) is 0. The topological polar surface area (TPSA) is 0 Å². The molecule has 0 heterocycles. The minimum absolute atomic E-state index is 0.884. The van der Waals surface area contributed by atoms with E-state index in [0.29, 0.717) is 0 Å². The summed E-state index contributed by atoms with van der Waals surface area (Å²) in [5.74, 6) is 0.884. The highest BCUT2D eigenvalue weighted by molar-refractivity contribution is 4.82. The summed E-state index contributed by atoms with van der Waals surface area (Å²) in [5.41, 5.74) is 0. The van der Waals surface area contributed by atoms with Gasteiger partial charge in [-0.25, -0.2) is 0 Å². The van der Waals surface area contributed by atoms with Gasteiger partial charge in [0, 0.05) is 0 Å². The minimum atomic E-state index is 0.884. The second-order valence-electron chi connectivity index (χ2n) is 1.56. The third-order valence-corrected chi connectivity index (χ3v) is 0.986. The van der Waals surface area contributed by atoms with E-state index in [2.05, 4.69) is 6.42 Å². The Morgan fingerprint density at radius 1 is 1.60 bits per heavy atom. The van der Waals surface area contributed by atoms with Crippen LogP contribution in [0.3, 0.4) is 0 Å². The molecule has 2 radical (unpaired) electrons. The van der Waals surface area contributed by atoms with Crippen molar-refractivity contribution in [3.8, 4) is 0 Å². The van der Waals surface area contributed by atoms with Crippen molar-refractivity contribution >= 4 is 0 Å². The van der Waals surface area contributed by atoms with Gasteiger partial charge in [-0.1, -0.05) is 6.92 Å². The first-order valence-electron chi connectivity index (χ1n) is 2.11. The molecule has 0 aliphatic heterocycles. The van der Waals surface area contributed by atoms with Gasteiger partial charge in [0.15, 0.2) is 0 Å². The molecule has 0 amide bonds. The molecule has 1 aliphatic rings. The van der Waals surface area contributed by atoms with Crippen LogP contribution in [0.4, 0.5) is 0 Å². The van der Waals surface area contributed by atoms with Gasteiger partial charge in [0.1, 0.15) is 0 Å². The zero-order chi connectivity index (χ0) is 3.70. The largest absolute Gasteiger partial charge is 0.0583 e. The summed E-state index contributed by atoms with van der Waals surface area (Å²) in [6, 6.07) is 0. The van der Waals surface area contributed by atoms with E-state index < -0.39 is 0 Å². The van der Waals surface area contributed by atoms with E-state index >= 15 is 0 Å². The maximum absolute atomic E-state index is 3.14. The molecule has 0 unspecified atom stereocenters. The van der Waals surface area contributed by atoms with Crippen LogP contribution in [0, 0.1) is 12.3 Å². The molecular formula is C5H8. The highest BCUT2D eigenvalue weighted by Gasteiger charge is 2.17. The van der Waals surface area contributed by atoms with Crippen LogP contribution in [0.5, 0.6) is 0 Å². The molecule has 5 heavy (non-hydrogen) atoms. The van der Waals surface area contributed by atoms with Crippen molar-refractivity contribution in [1.29, 1.82) is 0 Å². The normalized spacial score (nSPS) is 23.4. The lowest BCUT2D eigenvalue weighted by Gasteiger charge is -1.71.